The summed E-state index contributed by atoms with van der Waals surface area (Å²) in [5, 5.41) is 20.1. The number of hydrogen-bond donors (Lipinski definition) is 2. The Morgan fingerprint density at radius 2 is 1.52 bits per heavy atom. The smallest absolute Gasteiger partial charge is 0.335 e. The summed E-state index contributed by atoms with van der Waals surface area (Å²) in [6.45, 7) is 20.1. The molecule has 42 heavy (non-hydrogen) atoms. The standard InChI is InChI=1S/C37H53NO4/c1-23(2)26-14-17-37(22-39)19-18-35(6)27(30(26)37)12-13-29-34(5)20-21-38(33(3,4)28(34)15-16-36(29,35)7)31(40)24-8-10-25(11-9-24)32(41)42/h8-11,26-30,39H,1,12-22H2,2-7H3,(H,41,42)/t26-,27+,28?,29+,30+,34-,35+,36+,37+/m0/s1. The lowest BCUT2D eigenvalue weighted by molar-refractivity contribution is -0.240. The summed E-state index contributed by atoms with van der Waals surface area (Å²) in [6.07, 6.45) is 10.5. The molecule has 1 aliphatic heterocycles. The Morgan fingerprint density at radius 3 is 2.14 bits per heavy atom. The van der Waals surface area contributed by atoms with Gasteiger partial charge in [0.1, 0.15) is 0 Å². The van der Waals surface area contributed by atoms with Crippen LogP contribution in [-0.2, 0) is 0 Å². The molecule has 5 heteroatoms. The van der Waals surface area contributed by atoms with Crippen molar-refractivity contribution < 1.29 is 19.8 Å². The third-order valence-corrected chi connectivity index (χ3v) is 14.9. The van der Waals surface area contributed by atoms with E-state index in [0.717, 1.165) is 32.2 Å². The largest absolute Gasteiger partial charge is 0.478 e. The number of fused-ring (bicyclic) bond motifs is 7. The molecule has 1 aromatic carbocycles. The lowest BCUT2D eigenvalue weighted by atomic mass is 9.33. The average Bonchev–Trinajstić information content (AvgIpc) is 3.33. The molecule has 230 valence electrons. The highest BCUT2D eigenvalue weighted by Gasteiger charge is 2.70. The van der Waals surface area contributed by atoms with Gasteiger partial charge in [-0.2, -0.15) is 0 Å². The molecule has 1 aromatic rings. The number of piperidine rings is 1. The van der Waals surface area contributed by atoms with E-state index in [1.807, 2.05) is 0 Å². The maximum atomic E-state index is 13.9. The fraction of sp³-hybridized carbons (Fsp3) is 0.730. The predicted octanol–water partition coefficient (Wildman–Crippen LogP) is 7.84. The molecule has 5 fully saturated rings. The number of nitrogens with zero attached hydrogens (tertiary/aromatic N) is 1. The number of hydrogen-bond acceptors (Lipinski definition) is 3. The second-order valence-corrected chi connectivity index (χ2v) is 16.4. The molecular weight excluding hydrogens is 522 g/mol. The van der Waals surface area contributed by atoms with E-state index < -0.39 is 5.97 Å². The molecule has 1 heterocycles. The van der Waals surface area contributed by atoms with E-state index in [4.69, 9.17) is 0 Å². The number of rotatable bonds is 4. The van der Waals surface area contributed by atoms with Gasteiger partial charge >= 0.3 is 5.97 Å². The normalized spacial score (nSPS) is 43.9. The van der Waals surface area contributed by atoms with Crippen LogP contribution in [0.3, 0.4) is 0 Å². The summed E-state index contributed by atoms with van der Waals surface area (Å²) >= 11 is 0. The maximum absolute atomic E-state index is 13.9. The van der Waals surface area contributed by atoms with Crippen molar-refractivity contribution in [3.05, 3.63) is 47.5 Å². The Hall–Kier alpha value is -2.14. The highest BCUT2D eigenvalue weighted by Crippen LogP contribution is 2.76. The van der Waals surface area contributed by atoms with Crippen molar-refractivity contribution in [2.45, 2.75) is 105 Å². The van der Waals surface area contributed by atoms with Gasteiger partial charge in [-0.15, -0.1) is 0 Å². The van der Waals surface area contributed by atoms with Gasteiger partial charge in [-0.25, -0.2) is 4.79 Å². The first-order chi connectivity index (χ1) is 19.7. The Morgan fingerprint density at radius 1 is 0.857 bits per heavy atom. The van der Waals surface area contributed by atoms with Crippen molar-refractivity contribution >= 4 is 11.9 Å². The minimum Gasteiger partial charge on any atom is -0.478 e. The van der Waals surface area contributed by atoms with Gasteiger partial charge in [0, 0.05) is 24.3 Å². The van der Waals surface area contributed by atoms with E-state index in [1.54, 1.807) is 24.3 Å². The van der Waals surface area contributed by atoms with Crippen LogP contribution < -0.4 is 0 Å². The number of amides is 1. The average molecular weight is 576 g/mol. The molecule has 0 aromatic heterocycles. The van der Waals surface area contributed by atoms with Gasteiger partial charge in [0.2, 0.25) is 0 Å². The molecule has 2 N–H and O–H groups in total. The van der Waals surface area contributed by atoms with Gasteiger partial charge in [-0.3, -0.25) is 4.79 Å². The van der Waals surface area contributed by atoms with Crippen LogP contribution in [0, 0.1) is 51.2 Å². The number of likely N-dealkylation sites (tertiary alicyclic amines) is 1. The van der Waals surface area contributed by atoms with Gasteiger partial charge in [-0.1, -0.05) is 32.9 Å². The number of carboxylic acids is 1. The number of carbonyl (C=O) groups is 2. The van der Waals surface area contributed by atoms with E-state index in [-0.39, 0.29) is 38.7 Å². The maximum Gasteiger partial charge on any atom is 0.335 e. The van der Waals surface area contributed by atoms with E-state index in [1.165, 1.54) is 37.7 Å². The molecule has 9 atom stereocenters. The van der Waals surface area contributed by atoms with Gasteiger partial charge in [0.25, 0.3) is 5.91 Å². The molecule has 4 aliphatic carbocycles. The zero-order valence-corrected chi connectivity index (χ0v) is 26.8. The molecule has 0 radical (unpaired) electrons. The van der Waals surface area contributed by atoms with Crippen LogP contribution in [0.15, 0.2) is 36.4 Å². The molecule has 1 unspecified atom stereocenters. The first-order valence-corrected chi connectivity index (χ1v) is 16.6. The zero-order valence-electron chi connectivity index (χ0n) is 26.8. The van der Waals surface area contributed by atoms with Gasteiger partial charge in [-0.05, 0) is 154 Å². The minimum atomic E-state index is -0.972. The Kier molecular flexibility index (Phi) is 6.89. The number of allylic oxidation sites excluding steroid dienone is 1. The van der Waals surface area contributed by atoms with Crippen molar-refractivity contribution in [1.29, 1.82) is 0 Å². The first kappa shape index (κ1) is 29.9. The monoisotopic (exact) mass is 575 g/mol. The third kappa shape index (κ3) is 3.83. The van der Waals surface area contributed by atoms with E-state index >= 15 is 0 Å². The van der Waals surface area contributed by atoms with Crippen LogP contribution in [0.1, 0.15) is 120 Å². The van der Waals surface area contributed by atoms with E-state index in [9.17, 15) is 19.8 Å². The van der Waals surface area contributed by atoms with Gasteiger partial charge in [0.15, 0.2) is 0 Å². The highest BCUT2D eigenvalue weighted by atomic mass is 16.4. The van der Waals surface area contributed by atoms with Crippen LogP contribution in [0.25, 0.3) is 0 Å². The number of benzene rings is 1. The fourth-order valence-electron chi connectivity index (χ4n) is 12.5. The van der Waals surface area contributed by atoms with Crippen molar-refractivity contribution in [1.82, 2.24) is 4.90 Å². The van der Waals surface area contributed by atoms with Crippen LogP contribution in [0.2, 0.25) is 0 Å². The lowest BCUT2D eigenvalue weighted by Gasteiger charge is -2.73. The van der Waals surface area contributed by atoms with Crippen LogP contribution in [-0.4, -0.2) is 45.7 Å². The van der Waals surface area contributed by atoms with Crippen molar-refractivity contribution in [2.24, 2.45) is 51.2 Å². The number of aliphatic hydroxyl groups excluding tert-OH is 1. The predicted molar refractivity (Wildman–Crippen MR) is 166 cm³/mol. The SMILES string of the molecule is C=C(C)[C@@H]1CC[C@]2(CO)CC[C@]3(C)[C@H](CC[C@@H]4[C@@]5(C)CCN(C(=O)c6ccc(C(=O)O)cc6)C(C)(C)C5CC[C@]43C)[C@@H]12. The number of aromatic carboxylic acids is 1. The quantitative estimate of drug-likeness (QED) is 0.359. The topological polar surface area (TPSA) is 77.8 Å². The molecule has 0 spiro atoms. The molecule has 5 aliphatic rings. The van der Waals surface area contributed by atoms with Crippen molar-refractivity contribution in [3.63, 3.8) is 0 Å². The third-order valence-electron chi connectivity index (χ3n) is 14.9. The second-order valence-electron chi connectivity index (χ2n) is 16.4. The Balaban J connectivity index is 1.30. The van der Waals surface area contributed by atoms with Gasteiger partial charge in [0.05, 0.1) is 5.56 Å². The second kappa shape index (κ2) is 9.68. The van der Waals surface area contributed by atoms with Crippen LogP contribution in [0.5, 0.6) is 0 Å². The van der Waals surface area contributed by atoms with Crippen LogP contribution >= 0.6 is 0 Å². The molecule has 1 saturated heterocycles. The highest BCUT2D eigenvalue weighted by molar-refractivity contribution is 5.96. The van der Waals surface area contributed by atoms with E-state index in [2.05, 4.69) is 53.0 Å². The summed E-state index contributed by atoms with van der Waals surface area (Å²) in [4.78, 5) is 27.3. The fourth-order valence-corrected chi connectivity index (χ4v) is 12.5. The van der Waals surface area contributed by atoms with Crippen molar-refractivity contribution in [2.75, 3.05) is 13.2 Å². The number of carbonyl (C=O) groups excluding carboxylic acids is 1. The summed E-state index contributed by atoms with van der Waals surface area (Å²) in [7, 11) is 0. The molecular formula is C37H53NO4. The lowest BCUT2D eigenvalue weighted by Crippen LogP contribution is -2.70. The van der Waals surface area contributed by atoms with Gasteiger partial charge < -0.3 is 15.1 Å². The minimum absolute atomic E-state index is 0.0164. The summed E-state index contributed by atoms with van der Waals surface area (Å²) < 4.78 is 0. The summed E-state index contributed by atoms with van der Waals surface area (Å²) in [5.41, 5.74) is 2.52. The van der Waals surface area contributed by atoms with E-state index in [0.29, 0.717) is 41.8 Å². The number of carboxylic acid groups (broad SMARTS) is 1. The van der Waals surface area contributed by atoms with Crippen molar-refractivity contribution in [3.8, 4) is 0 Å². The number of aliphatic hydroxyl groups is 1. The zero-order chi connectivity index (χ0) is 30.5. The molecule has 0 bridgehead atoms. The van der Waals surface area contributed by atoms with Crippen LogP contribution in [0.4, 0.5) is 0 Å². The summed E-state index contributed by atoms with van der Waals surface area (Å²) in [5.74, 6) is 1.78. The molecule has 5 nitrogen and oxygen atoms in total. The molecule has 4 saturated carbocycles. The Labute approximate surface area is 253 Å². The molecule has 1 amide bonds. The first-order valence-electron chi connectivity index (χ1n) is 16.6. The Bertz CT molecular complexity index is 1280. The summed E-state index contributed by atoms with van der Waals surface area (Å²) in [6, 6.07) is 6.43. The molecule has 6 rings (SSSR count).